The number of hydrogen-bond donors (Lipinski definition) is 1. The summed E-state index contributed by atoms with van der Waals surface area (Å²) in [6, 6.07) is 29.8. The minimum atomic E-state index is -4.23. The highest BCUT2D eigenvalue weighted by atomic mass is 35.5. The molecule has 44 heavy (non-hydrogen) atoms. The maximum atomic E-state index is 14.4. The molecule has 0 saturated heterocycles. The van der Waals surface area contributed by atoms with E-state index < -0.39 is 28.5 Å². The van der Waals surface area contributed by atoms with Gasteiger partial charge in [-0.15, -0.1) is 0 Å². The molecule has 1 atom stereocenters. The standard InChI is InChI=1S/C34H35Cl2N3O4S/c1-25(2)22-37-34(41)32(21-26-11-5-3-6-12-26)38(23-27-17-19-28(35)20-18-27)33(40)24-39(31-16-10-9-15-30(31)36)44(42,43)29-13-7-4-8-14-29/h3-20,25,32H,21-24H2,1-2H3,(H,37,41)/t32-/m0/s1. The van der Waals surface area contributed by atoms with Gasteiger partial charge in [0, 0.05) is 24.5 Å². The molecular formula is C34H35Cl2N3O4S. The third-order valence-corrected chi connectivity index (χ3v) is 9.30. The molecule has 0 aliphatic rings. The van der Waals surface area contributed by atoms with E-state index in [0.717, 1.165) is 15.4 Å². The Balaban J connectivity index is 1.79. The fraction of sp³-hybridized carbons (Fsp3) is 0.235. The summed E-state index contributed by atoms with van der Waals surface area (Å²) in [5, 5.41) is 3.67. The number of nitrogens with one attached hydrogen (secondary N) is 1. The number of benzene rings is 4. The quantitative estimate of drug-likeness (QED) is 0.176. The molecule has 4 rings (SSSR count). The van der Waals surface area contributed by atoms with Crippen molar-refractivity contribution >= 4 is 50.7 Å². The first-order valence-corrected chi connectivity index (χ1v) is 16.4. The van der Waals surface area contributed by atoms with Gasteiger partial charge in [-0.2, -0.15) is 0 Å². The van der Waals surface area contributed by atoms with Gasteiger partial charge in [0.05, 0.1) is 15.6 Å². The van der Waals surface area contributed by atoms with Crippen LogP contribution in [0.3, 0.4) is 0 Å². The molecule has 0 heterocycles. The third kappa shape index (κ3) is 8.62. The summed E-state index contributed by atoms with van der Waals surface area (Å²) in [5.74, 6) is -0.719. The first kappa shape index (κ1) is 33.1. The molecule has 4 aromatic rings. The Morgan fingerprint density at radius 2 is 1.36 bits per heavy atom. The van der Waals surface area contributed by atoms with Crippen LogP contribution in [0.1, 0.15) is 25.0 Å². The number of anilines is 1. The molecule has 230 valence electrons. The third-order valence-electron chi connectivity index (χ3n) is 6.95. The van der Waals surface area contributed by atoms with E-state index >= 15 is 0 Å². The van der Waals surface area contributed by atoms with E-state index in [1.54, 1.807) is 66.7 Å². The maximum Gasteiger partial charge on any atom is 0.264 e. The van der Waals surface area contributed by atoms with E-state index in [4.69, 9.17) is 23.2 Å². The zero-order chi connectivity index (χ0) is 31.7. The lowest BCUT2D eigenvalue weighted by molar-refractivity contribution is -0.140. The van der Waals surface area contributed by atoms with Crippen molar-refractivity contribution in [3.8, 4) is 0 Å². The van der Waals surface area contributed by atoms with Crippen LogP contribution in [0.15, 0.2) is 114 Å². The van der Waals surface area contributed by atoms with Gasteiger partial charge in [0.15, 0.2) is 0 Å². The molecule has 0 spiro atoms. The van der Waals surface area contributed by atoms with Crippen LogP contribution in [-0.4, -0.2) is 44.3 Å². The summed E-state index contributed by atoms with van der Waals surface area (Å²) in [6.07, 6.45) is 0.224. The van der Waals surface area contributed by atoms with Crippen LogP contribution in [0.2, 0.25) is 10.0 Å². The highest BCUT2D eigenvalue weighted by Crippen LogP contribution is 2.31. The molecular weight excluding hydrogens is 617 g/mol. The normalized spacial score (nSPS) is 12.0. The number of rotatable bonds is 13. The second kappa shape index (κ2) is 15.2. The van der Waals surface area contributed by atoms with Crippen LogP contribution in [0.4, 0.5) is 5.69 Å². The van der Waals surface area contributed by atoms with E-state index in [2.05, 4.69) is 5.32 Å². The number of amides is 2. The second-order valence-corrected chi connectivity index (χ2v) is 13.5. The average Bonchev–Trinajstić information content (AvgIpc) is 3.02. The van der Waals surface area contributed by atoms with E-state index in [1.807, 2.05) is 44.2 Å². The van der Waals surface area contributed by atoms with Gasteiger partial charge in [-0.05, 0) is 53.4 Å². The summed E-state index contributed by atoms with van der Waals surface area (Å²) >= 11 is 12.6. The Labute approximate surface area is 269 Å². The minimum Gasteiger partial charge on any atom is -0.354 e. The molecule has 0 radical (unpaired) electrons. The van der Waals surface area contributed by atoms with Crippen LogP contribution in [0, 0.1) is 5.92 Å². The molecule has 0 aliphatic carbocycles. The first-order chi connectivity index (χ1) is 21.1. The molecule has 0 fully saturated rings. The molecule has 0 aromatic heterocycles. The molecule has 0 bridgehead atoms. The topological polar surface area (TPSA) is 86.8 Å². The van der Waals surface area contributed by atoms with Crippen molar-refractivity contribution in [1.29, 1.82) is 0 Å². The van der Waals surface area contributed by atoms with E-state index in [9.17, 15) is 18.0 Å². The number of halogens is 2. The second-order valence-electron chi connectivity index (χ2n) is 10.8. The SMILES string of the molecule is CC(C)CNC(=O)[C@H](Cc1ccccc1)N(Cc1ccc(Cl)cc1)C(=O)CN(c1ccccc1Cl)S(=O)(=O)c1ccccc1. The predicted molar refractivity (Wildman–Crippen MR) is 176 cm³/mol. The molecule has 0 unspecified atom stereocenters. The van der Waals surface area contributed by atoms with Crippen LogP contribution >= 0.6 is 23.2 Å². The average molecular weight is 653 g/mol. The van der Waals surface area contributed by atoms with Crippen molar-refractivity contribution in [2.75, 3.05) is 17.4 Å². The Hall–Kier alpha value is -3.85. The Kier molecular flexibility index (Phi) is 11.4. The van der Waals surface area contributed by atoms with Crippen molar-refractivity contribution in [1.82, 2.24) is 10.2 Å². The lowest BCUT2D eigenvalue weighted by Crippen LogP contribution is -2.53. The molecule has 10 heteroatoms. The molecule has 0 aliphatic heterocycles. The molecule has 7 nitrogen and oxygen atoms in total. The number of hydrogen-bond acceptors (Lipinski definition) is 4. The van der Waals surface area contributed by atoms with Gasteiger partial charge in [-0.3, -0.25) is 13.9 Å². The van der Waals surface area contributed by atoms with Crippen molar-refractivity contribution in [3.05, 3.63) is 130 Å². The monoisotopic (exact) mass is 651 g/mol. The van der Waals surface area contributed by atoms with Gasteiger partial charge in [0.2, 0.25) is 11.8 Å². The van der Waals surface area contributed by atoms with Crippen LogP contribution in [0.25, 0.3) is 0 Å². The summed E-state index contributed by atoms with van der Waals surface area (Å²) in [6.45, 7) is 3.85. The first-order valence-electron chi connectivity index (χ1n) is 14.2. The van der Waals surface area contributed by atoms with E-state index in [0.29, 0.717) is 11.6 Å². The zero-order valence-corrected chi connectivity index (χ0v) is 26.9. The Morgan fingerprint density at radius 3 is 1.98 bits per heavy atom. The zero-order valence-electron chi connectivity index (χ0n) is 24.6. The lowest BCUT2D eigenvalue weighted by atomic mass is 10.0. The van der Waals surface area contributed by atoms with Crippen LogP contribution in [-0.2, 0) is 32.6 Å². The number of sulfonamides is 1. The largest absolute Gasteiger partial charge is 0.354 e. The van der Waals surface area contributed by atoms with Crippen LogP contribution < -0.4 is 9.62 Å². The van der Waals surface area contributed by atoms with Crippen molar-refractivity contribution < 1.29 is 18.0 Å². The Bertz CT molecular complexity index is 1650. The van der Waals surface area contributed by atoms with Crippen molar-refractivity contribution in [2.24, 2.45) is 5.92 Å². The highest BCUT2D eigenvalue weighted by Gasteiger charge is 2.35. The summed E-state index contributed by atoms with van der Waals surface area (Å²) in [5.41, 5.74) is 1.74. The number of carbonyl (C=O) groups excluding carboxylic acids is 2. The summed E-state index contributed by atoms with van der Waals surface area (Å²) in [7, 11) is -4.23. The fourth-order valence-corrected chi connectivity index (χ4v) is 6.52. The molecule has 2 amide bonds. The lowest BCUT2D eigenvalue weighted by Gasteiger charge is -2.34. The van der Waals surface area contributed by atoms with Gasteiger partial charge in [-0.1, -0.05) is 110 Å². The molecule has 1 N–H and O–H groups in total. The number of carbonyl (C=O) groups is 2. The smallest absolute Gasteiger partial charge is 0.264 e. The summed E-state index contributed by atoms with van der Waals surface area (Å²) < 4.78 is 29.0. The summed E-state index contributed by atoms with van der Waals surface area (Å²) in [4.78, 5) is 29.7. The highest BCUT2D eigenvalue weighted by molar-refractivity contribution is 7.92. The molecule has 0 saturated carbocycles. The molecule has 4 aromatic carbocycles. The number of nitrogens with zero attached hydrogens (tertiary/aromatic N) is 2. The van der Waals surface area contributed by atoms with Gasteiger partial charge in [-0.25, -0.2) is 8.42 Å². The minimum absolute atomic E-state index is 0.00693. The van der Waals surface area contributed by atoms with E-state index in [-0.39, 0.29) is 40.4 Å². The van der Waals surface area contributed by atoms with Gasteiger partial charge in [0.25, 0.3) is 10.0 Å². The van der Waals surface area contributed by atoms with Crippen molar-refractivity contribution in [2.45, 2.75) is 37.8 Å². The number of para-hydroxylation sites is 1. The van der Waals surface area contributed by atoms with Crippen molar-refractivity contribution in [3.63, 3.8) is 0 Å². The predicted octanol–water partition coefficient (Wildman–Crippen LogP) is 6.60. The van der Waals surface area contributed by atoms with Crippen LogP contribution in [0.5, 0.6) is 0 Å². The maximum absolute atomic E-state index is 14.4. The van der Waals surface area contributed by atoms with Gasteiger partial charge >= 0.3 is 0 Å². The fourth-order valence-electron chi connectivity index (χ4n) is 4.65. The van der Waals surface area contributed by atoms with Gasteiger partial charge in [0.1, 0.15) is 12.6 Å². The Morgan fingerprint density at radius 1 is 0.773 bits per heavy atom. The van der Waals surface area contributed by atoms with E-state index in [1.165, 1.54) is 17.0 Å². The van der Waals surface area contributed by atoms with Gasteiger partial charge < -0.3 is 10.2 Å².